The Bertz CT molecular complexity index is 273. The maximum absolute atomic E-state index is 4.04. The van der Waals surface area contributed by atoms with Crippen LogP contribution in [-0.2, 0) is 6.54 Å². The van der Waals surface area contributed by atoms with E-state index in [2.05, 4.69) is 21.8 Å². The van der Waals surface area contributed by atoms with Crippen LogP contribution in [0, 0.1) is 5.92 Å². The quantitative estimate of drug-likeness (QED) is 0.827. The van der Waals surface area contributed by atoms with E-state index in [0.717, 1.165) is 25.0 Å². The van der Waals surface area contributed by atoms with Gasteiger partial charge in [0.2, 0.25) is 0 Å². The lowest BCUT2D eigenvalue weighted by atomic mass is 9.84. The molecule has 1 N–H and O–H groups in total. The molecule has 1 aromatic heterocycles. The molecule has 1 aliphatic rings. The fraction of sp³-hybridized carbons (Fsp3) is 0.769. The van der Waals surface area contributed by atoms with Gasteiger partial charge in [0.05, 0.1) is 6.33 Å². The van der Waals surface area contributed by atoms with E-state index in [0.29, 0.717) is 0 Å². The van der Waals surface area contributed by atoms with Crippen LogP contribution in [0.4, 0.5) is 0 Å². The van der Waals surface area contributed by atoms with Crippen LogP contribution in [0.5, 0.6) is 0 Å². The molecule has 0 radical (unpaired) electrons. The van der Waals surface area contributed by atoms with Crippen LogP contribution in [-0.4, -0.2) is 22.1 Å². The van der Waals surface area contributed by atoms with Crippen molar-refractivity contribution < 1.29 is 0 Å². The Morgan fingerprint density at radius 1 is 1.31 bits per heavy atom. The number of nitrogens with zero attached hydrogens (tertiary/aromatic N) is 2. The molecule has 0 amide bonds. The highest BCUT2D eigenvalue weighted by molar-refractivity contribution is 4.78. The predicted octanol–water partition coefficient (Wildman–Crippen LogP) is 2.44. The molecule has 0 saturated heterocycles. The molecule has 2 rings (SSSR count). The van der Waals surface area contributed by atoms with E-state index in [1.165, 1.54) is 32.1 Å². The zero-order chi connectivity index (χ0) is 11.2. The van der Waals surface area contributed by atoms with E-state index in [1.54, 1.807) is 0 Å². The van der Waals surface area contributed by atoms with Crippen LogP contribution in [0.1, 0.15) is 39.0 Å². The van der Waals surface area contributed by atoms with Gasteiger partial charge in [0.25, 0.3) is 0 Å². The summed E-state index contributed by atoms with van der Waals surface area (Å²) < 4.78 is 2.13. The first-order valence-electron chi connectivity index (χ1n) is 6.57. The van der Waals surface area contributed by atoms with Crippen LogP contribution >= 0.6 is 0 Å². The Kier molecular flexibility index (Phi) is 4.40. The van der Waals surface area contributed by atoms with E-state index in [4.69, 9.17) is 0 Å². The van der Waals surface area contributed by atoms with Crippen molar-refractivity contribution in [3.05, 3.63) is 18.7 Å². The van der Waals surface area contributed by atoms with Gasteiger partial charge in [-0.1, -0.05) is 13.3 Å². The van der Waals surface area contributed by atoms with Gasteiger partial charge in [-0.25, -0.2) is 4.98 Å². The molecule has 1 fully saturated rings. The molecule has 90 valence electrons. The van der Waals surface area contributed by atoms with Gasteiger partial charge in [0.15, 0.2) is 0 Å². The van der Waals surface area contributed by atoms with E-state index >= 15 is 0 Å². The van der Waals surface area contributed by atoms with Gasteiger partial charge in [-0.3, -0.25) is 0 Å². The second-order valence-corrected chi connectivity index (χ2v) is 4.88. The van der Waals surface area contributed by atoms with Crippen molar-refractivity contribution in [3.8, 4) is 0 Å². The Labute approximate surface area is 98.3 Å². The number of hydrogen-bond acceptors (Lipinski definition) is 2. The Morgan fingerprint density at radius 2 is 2.12 bits per heavy atom. The lowest BCUT2D eigenvalue weighted by Crippen LogP contribution is -2.35. The van der Waals surface area contributed by atoms with Crippen molar-refractivity contribution in [2.24, 2.45) is 5.92 Å². The zero-order valence-corrected chi connectivity index (χ0v) is 10.2. The van der Waals surface area contributed by atoms with Crippen LogP contribution in [0.2, 0.25) is 0 Å². The molecule has 1 heterocycles. The Hall–Kier alpha value is -0.830. The molecule has 0 spiro atoms. The van der Waals surface area contributed by atoms with Crippen molar-refractivity contribution in [3.63, 3.8) is 0 Å². The molecular weight excluding hydrogens is 198 g/mol. The van der Waals surface area contributed by atoms with Gasteiger partial charge in [0.1, 0.15) is 0 Å². The van der Waals surface area contributed by atoms with Gasteiger partial charge in [-0.2, -0.15) is 0 Å². The number of rotatable bonds is 5. The largest absolute Gasteiger partial charge is 0.336 e. The summed E-state index contributed by atoms with van der Waals surface area (Å²) in [5.74, 6) is 0.992. The first-order valence-corrected chi connectivity index (χ1v) is 6.57. The topological polar surface area (TPSA) is 29.9 Å². The SMILES string of the molecule is CCC1CCC(NCCn2ccnc2)CC1. The predicted molar refractivity (Wildman–Crippen MR) is 66.3 cm³/mol. The molecule has 1 aliphatic carbocycles. The lowest BCUT2D eigenvalue weighted by molar-refractivity contribution is 0.284. The van der Waals surface area contributed by atoms with Gasteiger partial charge in [-0.05, 0) is 31.6 Å². The second-order valence-electron chi connectivity index (χ2n) is 4.88. The van der Waals surface area contributed by atoms with Gasteiger partial charge >= 0.3 is 0 Å². The molecule has 16 heavy (non-hydrogen) atoms. The highest BCUT2D eigenvalue weighted by Gasteiger charge is 2.18. The van der Waals surface area contributed by atoms with E-state index < -0.39 is 0 Å². The van der Waals surface area contributed by atoms with Crippen molar-refractivity contribution in [1.29, 1.82) is 0 Å². The van der Waals surface area contributed by atoms with Crippen molar-refractivity contribution in [1.82, 2.24) is 14.9 Å². The van der Waals surface area contributed by atoms with Crippen LogP contribution in [0.3, 0.4) is 0 Å². The number of nitrogens with one attached hydrogen (secondary N) is 1. The highest BCUT2D eigenvalue weighted by Crippen LogP contribution is 2.26. The van der Waals surface area contributed by atoms with Crippen LogP contribution in [0.15, 0.2) is 18.7 Å². The number of imidazole rings is 1. The minimum absolute atomic E-state index is 0.756. The van der Waals surface area contributed by atoms with Crippen molar-refractivity contribution in [2.75, 3.05) is 6.54 Å². The van der Waals surface area contributed by atoms with Crippen molar-refractivity contribution in [2.45, 2.75) is 51.6 Å². The normalized spacial score (nSPS) is 25.8. The lowest BCUT2D eigenvalue weighted by Gasteiger charge is -2.28. The molecule has 0 atom stereocenters. The van der Waals surface area contributed by atoms with Crippen LogP contribution in [0.25, 0.3) is 0 Å². The molecule has 1 saturated carbocycles. The minimum Gasteiger partial charge on any atom is -0.336 e. The standard InChI is InChI=1S/C13H23N3/c1-2-12-3-5-13(6-4-12)15-8-10-16-9-7-14-11-16/h7,9,11-13,15H,2-6,8,10H2,1H3. The third kappa shape index (κ3) is 3.34. The van der Waals surface area contributed by atoms with Gasteiger partial charge in [-0.15, -0.1) is 0 Å². The Balaban J connectivity index is 1.60. The zero-order valence-electron chi connectivity index (χ0n) is 10.2. The molecule has 0 unspecified atom stereocenters. The monoisotopic (exact) mass is 221 g/mol. The van der Waals surface area contributed by atoms with E-state index in [1.807, 2.05) is 18.7 Å². The summed E-state index contributed by atoms with van der Waals surface area (Å²) in [6.45, 7) is 4.42. The van der Waals surface area contributed by atoms with Crippen LogP contribution < -0.4 is 5.32 Å². The number of aromatic nitrogens is 2. The summed E-state index contributed by atoms with van der Waals surface area (Å²) in [5.41, 5.74) is 0. The van der Waals surface area contributed by atoms with Gasteiger partial charge in [0, 0.05) is 31.5 Å². The first-order chi connectivity index (χ1) is 7.88. The fourth-order valence-electron chi connectivity index (χ4n) is 2.59. The molecule has 0 aromatic carbocycles. The molecular formula is C13H23N3. The Morgan fingerprint density at radius 3 is 2.75 bits per heavy atom. The summed E-state index contributed by atoms with van der Waals surface area (Å²) in [4.78, 5) is 4.04. The maximum atomic E-state index is 4.04. The van der Waals surface area contributed by atoms with E-state index in [9.17, 15) is 0 Å². The second kappa shape index (κ2) is 6.04. The summed E-state index contributed by atoms with van der Waals surface area (Å²) in [6.07, 6.45) is 12.7. The molecule has 1 aromatic rings. The highest BCUT2D eigenvalue weighted by atomic mass is 15.0. The van der Waals surface area contributed by atoms with Gasteiger partial charge < -0.3 is 9.88 Å². The maximum Gasteiger partial charge on any atom is 0.0946 e. The first kappa shape index (κ1) is 11.6. The van der Waals surface area contributed by atoms with E-state index in [-0.39, 0.29) is 0 Å². The minimum atomic E-state index is 0.756. The average Bonchev–Trinajstić information content (AvgIpc) is 2.83. The van der Waals surface area contributed by atoms with Crippen molar-refractivity contribution >= 4 is 0 Å². The summed E-state index contributed by atoms with van der Waals surface area (Å²) in [7, 11) is 0. The summed E-state index contributed by atoms with van der Waals surface area (Å²) >= 11 is 0. The number of hydrogen-bond donors (Lipinski definition) is 1. The molecule has 0 aliphatic heterocycles. The molecule has 0 bridgehead atoms. The summed E-state index contributed by atoms with van der Waals surface area (Å²) in [5, 5.41) is 3.66. The molecule has 3 heteroatoms. The molecule has 3 nitrogen and oxygen atoms in total. The third-order valence-electron chi connectivity index (χ3n) is 3.79. The average molecular weight is 221 g/mol. The smallest absolute Gasteiger partial charge is 0.0946 e. The summed E-state index contributed by atoms with van der Waals surface area (Å²) in [6, 6.07) is 0.756. The third-order valence-corrected chi connectivity index (χ3v) is 3.79. The fourth-order valence-corrected chi connectivity index (χ4v) is 2.59.